The Balaban J connectivity index is 2.40. The molecule has 0 heterocycles. The van der Waals surface area contributed by atoms with Crippen molar-refractivity contribution in [3.63, 3.8) is 0 Å². The number of rotatable bonds is 12. The van der Waals surface area contributed by atoms with E-state index < -0.39 is 11.2 Å². The van der Waals surface area contributed by atoms with Gasteiger partial charge in [-0.1, -0.05) is 97.0 Å². The Morgan fingerprint density at radius 3 is 1.73 bits per heavy atom. The van der Waals surface area contributed by atoms with Crippen molar-refractivity contribution >= 4 is 57.0 Å². The Hall–Kier alpha value is -0.766. The molecule has 0 spiro atoms. The maximum absolute atomic E-state index is 6.63. The van der Waals surface area contributed by atoms with Crippen LogP contribution in [0.5, 0.6) is 0 Å². The largest absolute Gasteiger partial charge is 0.408 e. The zero-order valence-corrected chi connectivity index (χ0v) is 31.6. The summed E-state index contributed by atoms with van der Waals surface area (Å²) >= 11 is 6.92. The van der Waals surface area contributed by atoms with Gasteiger partial charge < -0.3 is 8.85 Å². The fourth-order valence-electron chi connectivity index (χ4n) is 4.24. The summed E-state index contributed by atoms with van der Waals surface area (Å²) in [5.41, 5.74) is 6.87. The Bertz CT molecular complexity index is 1180. The van der Waals surface area contributed by atoms with Crippen molar-refractivity contribution in [1.82, 2.24) is 0 Å². The molecule has 6 heteroatoms. The van der Waals surface area contributed by atoms with E-state index in [1.54, 1.807) is 0 Å². The number of aryl methyl sites for hydroxylation is 2. The summed E-state index contributed by atoms with van der Waals surface area (Å²) in [5, 5.41) is 0.241. The molecule has 0 bridgehead atoms. The third-order valence-corrected chi connectivity index (χ3v) is 9.38. The van der Waals surface area contributed by atoms with Gasteiger partial charge in [-0.2, -0.15) is 0 Å². The molecule has 40 heavy (non-hydrogen) atoms. The maximum atomic E-state index is 6.63. The van der Waals surface area contributed by atoms with Crippen LogP contribution in [0.3, 0.4) is 0 Å². The quantitative estimate of drug-likeness (QED) is 0.162. The molecule has 0 unspecified atom stereocenters. The standard InChI is InChI=1S/C34H48Br2O2Si2/c1-12-26(19-21-30(35)36)27-15-13-14-24(22-27)16-17-25-18-20-28(33(8,9)37-39-31(2,3)4)29(23-25)34(10,11)38-40-32(5,6)7/h13-15,18-23H,12,16-17H2,1-11H3. The normalized spacial score (nSPS) is 13.5. The summed E-state index contributed by atoms with van der Waals surface area (Å²) in [4.78, 5) is 0. The molecule has 0 atom stereocenters. The highest BCUT2D eigenvalue weighted by molar-refractivity contribution is 9.28. The number of hydrogen-bond acceptors (Lipinski definition) is 2. The molecule has 4 radical (unpaired) electrons. The van der Waals surface area contributed by atoms with Gasteiger partial charge in [-0.15, -0.1) is 0 Å². The highest BCUT2D eigenvalue weighted by Gasteiger charge is 2.34. The minimum Gasteiger partial charge on any atom is -0.408 e. The zero-order chi connectivity index (χ0) is 30.4. The molecule has 0 aromatic heterocycles. The SMILES string of the molecule is CCC(=CC=C(Br)Br)c1cccc(CCc2ccc(C(C)(C)O[Si]C(C)(C)C)c(C(C)(C)O[Si]C(C)(C)C)c2)c1. The fourth-order valence-corrected chi connectivity index (χ4v) is 5.85. The van der Waals surface area contributed by atoms with E-state index in [1.165, 1.54) is 33.4 Å². The molecule has 218 valence electrons. The Labute approximate surface area is 266 Å². The van der Waals surface area contributed by atoms with Crippen molar-refractivity contribution in [3.8, 4) is 0 Å². The lowest BCUT2D eigenvalue weighted by Crippen LogP contribution is -2.34. The van der Waals surface area contributed by atoms with E-state index >= 15 is 0 Å². The molecule has 0 amide bonds. The molecule has 0 saturated heterocycles. The fraction of sp³-hybridized carbons (Fsp3) is 0.529. The monoisotopic (exact) mass is 702 g/mol. The topological polar surface area (TPSA) is 18.5 Å². The second kappa shape index (κ2) is 14.6. The van der Waals surface area contributed by atoms with Crippen LogP contribution in [0.15, 0.2) is 58.0 Å². The number of benzene rings is 2. The summed E-state index contributed by atoms with van der Waals surface area (Å²) < 4.78 is 14.1. The van der Waals surface area contributed by atoms with Crippen molar-refractivity contribution in [2.24, 2.45) is 0 Å². The van der Waals surface area contributed by atoms with Crippen LogP contribution in [0, 0.1) is 0 Å². The Morgan fingerprint density at radius 2 is 1.23 bits per heavy atom. The number of halogens is 2. The molecule has 0 N–H and O–H groups in total. The van der Waals surface area contributed by atoms with Crippen LogP contribution in [-0.2, 0) is 32.9 Å². The van der Waals surface area contributed by atoms with E-state index in [0.29, 0.717) is 19.5 Å². The van der Waals surface area contributed by atoms with Gasteiger partial charge in [0.2, 0.25) is 19.5 Å². The van der Waals surface area contributed by atoms with Crippen LogP contribution in [0.1, 0.15) is 110 Å². The molecule has 0 saturated carbocycles. The van der Waals surface area contributed by atoms with Gasteiger partial charge in [0, 0.05) is 0 Å². The maximum Gasteiger partial charge on any atom is 0.236 e. The van der Waals surface area contributed by atoms with E-state index in [1.807, 2.05) is 6.08 Å². The molecular weight excluding hydrogens is 656 g/mol. The van der Waals surface area contributed by atoms with Gasteiger partial charge in [0.15, 0.2) is 0 Å². The van der Waals surface area contributed by atoms with E-state index in [0.717, 1.165) is 22.7 Å². The second-order valence-corrected chi connectivity index (χ2v) is 20.1. The minimum absolute atomic E-state index is 0.117. The summed E-state index contributed by atoms with van der Waals surface area (Å²) in [7, 11) is 0.816. The Morgan fingerprint density at radius 1 is 0.700 bits per heavy atom. The van der Waals surface area contributed by atoms with Crippen LogP contribution >= 0.6 is 31.9 Å². The summed E-state index contributed by atoms with van der Waals surface area (Å²) in [6, 6.07) is 15.9. The molecular formula is C34H48Br2O2Si2. The zero-order valence-electron chi connectivity index (χ0n) is 26.4. The lowest BCUT2D eigenvalue weighted by Gasteiger charge is -2.37. The lowest BCUT2D eigenvalue weighted by atomic mass is 9.84. The van der Waals surface area contributed by atoms with Gasteiger partial charge in [-0.3, -0.25) is 0 Å². The summed E-state index contributed by atoms with van der Waals surface area (Å²) in [6.45, 7) is 24.4. The average molecular weight is 705 g/mol. The first kappa shape index (κ1) is 35.4. The smallest absolute Gasteiger partial charge is 0.236 e. The van der Waals surface area contributed by atoms with Crippen LogP contribution < -0.4 is 0 Å². The number of hydrogen-bond donors (Lipinski definition) is 0. The molecule has 2 aromatic carbocycles. The lowest BCUT2D eigenvalue weighted by molar-refractivity contribution is 0.0829. The molecule has 0 aliphatic rings. The molecule has 0 fully saturated rings. The predicted octanol–water partition coefficient (Wildman–Crippen LogP) is 11.1. The molecule has 0 aliphatic carbocycles. The average Bonchev–Trinajstić information content (AvgIpc) is 2.85. The highest BCUT2D eigenvalue weighted by Crippen LogP contribution is 2.39. The van der Waals surface area contributed by atoms with E-state index in [2.05, 4.69) is 157 Å². The van der Waals surface area contributed by atoms with Gasteiger partial charge >= 0.3 is 0 Å². The molecule has 2 aromatic rings. The van der Waals surface area contributed by atoms with Crippen LogP contribution in [0.25, 0.3) is 5.57 Å². The van der Waals surface area contributed by atoms with Gasteiger partial charge in [0.05, 0.1) is 14.6 Å². The van der Waals surface area contributed by atoms with E-state index in [9.17, 15) is 0 Å². The van der Waals surface area contributed by atoms with Crippen molar-refractivity contribution in [2.75, 3.05) is 0 Å². The Kier molecular flexibility index (Phi) is 12.9. The third-order valence-electron chi connectivity index (χ3n) is 6.40. The minimum atomic E-state index is -0.430. The van der Waals surface area contributed by atoms with Crippen molar-refractivity contribution in [3.05, 3.63) is 85.8 Å². The van der Waals surface area contributed by atoms with E-state index in [-0.39, 0.29) is 10.1 Å². The number of allylic oxidation sites excluding steroid dienone is 3. The van der Waals surface area contributed by atoms with Crippen LogP contribution in [-0.4, -0.2) is 19.5 Å². The third kappa shape index (κ3) is 11.8. The summed E-state index contributed by atoms with van der Waals surface area (Å²) in [6.07, 6.45) is 7.16. The first-order valence-corrected chi connectivity index (χ1v) is 17.6. The van der Waals surface area contributed by atoms with Gasteiger partial charge in [-0.05, 0) is 128 Å². The van der Waals surface area contributed by atoms with E-state index in [4.69, 9.17) is 8.85 Å². The molecule has 0 aliphatic heterocycles. The first-order chi connectivity index (χ1) is 18.3. The van der Waals surface area contributed by atoms with Gasteiger partial charge in [0.25, 0.3) is 0 Å². The summed E-state index contributed by atoms with van der Waals surface area (Å²) in [5.74, 6) is 0. The van der Waals surface area contributed by atoms with Gasteiger partial charge in [0.1, 0.15) is 0 Å². The molecule has 2 nitrogen and oxygen atoms in total. The molecule has 2 rings (SSSR count). The van der Waals surface area contributed by atoms with Crippen molar-refractivity contribution < 1.29 is 8.85 Å². The van der Waals surface area contributed by atoms with Crippen molar-refractivity contribution in [2.45, 2.75) is 117 Å². The van der Waals surface area contributed by atoms with Crippen molar-refractivity contribution in [1.29, 1.82) is 0 Å². The van der Waals surface area contributed by atoms with Crippen LogP contribution in [0.4, 0.5) is 0 Å². The van der Waals surface area contributed by atoms with Crippen LogP contribution in [0.2, 0.25) is 10.1 Å². The first-order valence-electron chi connectivity index (χ1n) is 14.2. The van der Waals surface area contributed by atoms with Gasteiger partial charge in [-0.25, -0.2) is 0 Å². The predicted molar refractivity (Wildman–Crippen MR) is 184 cm³/mol. The highest BCUT2D eigenvalue weighted by atomic mass is 79.9. The second-order valence-electron chi connectivity index (χ2n) is 13.5.